The molecule has 1 aromatic heterocycles. The van der Waals surface area contributed by atoms with Crippen LogP contribution in [0, 0.1) is 0 Å². The molecule has 0 aliphatic carbocycles. The van der Waals surface area contributed by atoms with Crippen LogP contribution in [0.1, 0.15) is 16.8 Å². The number of methoxy groups -OCH3 is 1. The average molecular weight is 349 g/mol. The van der Waals surface area contributed by atoms with Gasteiger partial charge in [-0.1, -0.05) is 18.2 Å². The third kappa shape index (κ3) is 3.34. The molecule has 0 atom stereocenters. The fourth-order valence-electron chi connectivity index (χ4n) is 2.84. The number of aromatic nitrogens is 2. The molecule has 3 rings (SSSR count). The Balaban J connectivity index is 1.86. The van der Waals surface area contributed by atoms with Crippen molar-refractivity contribution in [3.8, 4) is 5.75 Å². The summed E-state index contributed by atoms with van der Waals surface area (Å²) in [4.78, 5) is 20.9. The molecule has 0 amide bonds. The molecule has 128 valence electrons. The maximum absolute atomic E-state index is 12.2. The Morgan fingerprint density at radius 2 is 2.08 bits per heavy atom. The van der Waals surface area contributed by atoms with E-state index in [1.54, 1.807) is 7.11 Å². The Morgan fingerprint density at radius 1 is 1.33 bits per heavy atom. The first kappa shape index (κ1) is 16.7. The summed E-state index contributed by atoms with van der Waals surface area (Å²) in [5.74, 6) is 0.808. The van der Waals surface area contributed by atoms with Crippen LogP contribution in [0.4, 0.5) is 0 Å². The highest BCUT2D eigenvalue weighted by Gasteiger charge is 2.24. The first-order valence-electron chi connectivity index (χ1n) is 7.55. The molecule has 1 aliphatic heterocycles. The van der Waals surface area contributed by atoms with E-state index >= 15 is 0 Å². The van der Waals surface area contributed by atoms with Gasteiger partial charge in [0.25, 0.3) is 5.56 Å². The van der Waals surface area contributed by atoms with Crippen molar-refractivity contribution in [2.75, 3.05) is 19.9 Å². The summed E-state index contributed by atoms with van der Waals surface area (Å²) in [5, 5.41) is -0.260. The predicted molar refractivity (Wildman–Crippen MR) is 88.8 cm³/mol. The number of ether oxygens (including phenoxy) is 1. The minimum Gasteiger partial charge on any atom is -0.496 e. The van der Waals surface area contributed by atoms with Gasteiger partial charge >= 0.3 is 0 Å². The first-order chi connectivity index (χ1) is 11.4. The highest BCUT2D eigenvalue weighted by molar-refractivity contribution is 7.90. The maximum atomic E-state index is 12.2. The van der Waals surface area contributed by atoms with Crippen LogP contribution in [0.2, 0.25) is 0 Å². The van der Waals surface area contributed by atoms with E-state index in [9.17, 15) is 13.2 Å². The highest BCUT2D eigenvalue weighted by atomic mass is 32.2. The first-order valence-corrected chi connectivity index (χ1v) is 9.44. The Labute approximate surface area is 140 Å². The summed E-state index contributed by atoms with van der Waals surface area (Å²) >= 11 is 0. The van der Waals surface area contributed by atoms with Gasteiger partial charge in [-0.25, -0.2) is 13.4 Å². The second-order valence-electron chi connectivity index (χ2n) is 5.84. The van der Waals surface area contributed by atoms with Crippen LogP contribution in [-0.4, -0.2) is 43.2 Å². The zero-order valence-corrected chi connectivity index (χ0v) is 14.4. The molecule has 2 heterocycles. The molecule has 1 N–H and O–H groups in total. The fourth-order valence-corrected chi connectivity index (χ4v) is 3.40. The Hall–Kier alpha value is -2.19. The monoisotopic (exact) mass is 349 g/mol. The summed E-state index contributed by atoms with van der Waals surface area (Å²) in [6.45, 7) is 1.78. The number of hydrogen-bond donors (Lipinski definition) is 1. The van der Waals surface area contributed by atoms with Gasteiger partial charge in [0.05, 0.1) is 18.4 Å². The van der Waals surface area contributed by atoms with Gasteiger partial charge in [-0.3, -0.25) is 14.7 Å². The molecule has 24 heavy (non-hydrogen) atoms. The third-order valence-electron chi connectivity index (χ3n) is 4.06. The van der Waals surface area contributed by atoms with Crippen molar-refractivity contribution in [2.24, 2.45) is 0 Å². The van der Waals surface area contributed by atoms with Crippen molar-refractivity contribution in [3.05, 3.63) is 51.4 Å². The standard InChI is InChI=1S/C16H19N3O4S/c1-23-14-6-4-3-5-11(14)9-19-8-7-13-12(10-19)15(20)18-16(17-13)24(2,21)22/h3-6H,7-10H2,1-2H3,(H,17,18,20). The van der Waals surface area contributed by atoms with E-state index in [0.29, 0.717) is 37.3 Å². The number of nitrogens with zero attached hydrogens (tertiary/aromatic N) is 2. The van der Waals surface area contributed by atoms with Gasteiger partial charge < -0.3 is 4.74 Å². The van der Waals surface area contributed by atoms with Crippen LogP contribution in [-0.2, 0) is 29.3 Å². The van der Waals surface area contributed by atoms with Crippen molar-refractivity contribution in [3.63, 3.8) is 0 Å². The zero-order chi connectivity index (χ0) is 17.3. The number of benzene rings is 1. The number of para-hydroxylation sites is 1. The molecule has 0 spiro atoms. The van der Waals surface area contributed by atoms with E-state index < -0.39 is 9.84 Å². The summed E-state index contributed by atoms with van der Waals surface area (Å²) in [5.41, 5.74) is 1.75. The van der Waals surface area contributed by atoms with Crippen molar-refractivity contribution in [1.82, 2.24) is 14.9 Å². The molecule has 7 nitrogen and oxygen atoms in total. The van der Waals surface area contributed by atoms with E-state index in [1.165, 1.54) is 0 Å². The molecule has 8 heteroatoms. The molecule has 0 fully saturated rings. The maximum Gasteiger partial charge on any atom is 0.256 e. The molecule has 2 aromatic rings. The van der Waals surface area contributed by atoms with E-state index in [0.717, 1.165) is 17.6 Å². The molecule has 0 radical (unpaired) electrons. The highest BCUT2D eigenvalue weighted by Crippen LogP contribution is 2.22. The van der Waals surface area contributed by atoms with E-state index in [2.05, 4.69) is 14.9 Å². The van der Waals surface area contributed by atoms with Gasteiger partial charge in [0.1, 0.15) is 5.75 Å². The quantitative estimate of drug-likeness (QED) is 0.819. The molecule has 1 aromatic carbocycles. The lowest BCUT2D eigenvalue weighted by atomic mass is 10.1. The predicted octanol–water partition coefficient (Wildman–Crippen LogP) is 0.740. The summed E-state index contributed by atoms with van der Waals surface area (Å²) in [6.07, 6.45) is 1.57. The third-order valence-corrected chi connectivity index (χ3v) is 4.96. The van der Waals surface area contributed by atoms with Crippen molar-refractivity contribution in [2.45, 2.75) is 24.7 Å². The van der Waals surface area contributed by atoms with E-state index in [4.69, 9.17) is 4.74 Å². The van der Waals surface area contributed by atoms with Gasteiger partial charge in [0.15, 0.2) is 0 Å². The largest absolute Gasteiger partial charge is 0.496 e. The number of sulfone groups is 1. The topological polar surface area (TPSA) is 92.4 Å². The molecule has 0 bridgehead atoms. The van der Waals surface area contributed by atoms with Crippen LogP contribution in [0.3, 0.4) is 0 Å². The molecule has 0 saturated heterocycles. The van der Waals surface area contributed by atoms with Crippen molar-refractivity contribution < 1.29 is 13.2 Å². The molecule has 0 saturated carbocycles. The number of fused-ring (bicyclic) bond motifs is 1. The van der Waals surface area contributed by atoms with Crippen molar-refractivity contribution >= 4 is 9.84 Å². The lowest BCUT2D eigenvalue weighted by molar-refractivity contribution is 0.237. The Kier molecular flexibility index (Phi) is 4.42. The number of nitrogens with one attached hydrogen (secondary N) is 1. The van der Waals surface area contributed by atoms with E-state index in [-0.39, 0.29) is 10.7 Å². The Bertz CT molecular complexity index is 921. The lowest BCUT2D eigenvalue weighted by Crippen LogP contribution is -2.36. The van der Waals surface area contributed by atoms with Crippen LogP contribution in [0.15, 0.2) is 34.2 Å². The van der Waals surface area contributed by atoms with Gasteiger partial charge in [-0.2, -0.15) is 0 Å². The van der Waals surface area contributed by atoms with Crippen LogP contribution in [0.25, 0.3) is 0 Å². The SMILES string of the molecule is COc1ccccc1CN1CCc2nc(S(C)(=O)=O)[nH]c(=O)c2C1. The second-order valence-corrected chi connectivity index (χ2v) is 7.77. The normalized spacial score (nSPS) is 15.1. The minimum atomic E-state index is -3.53. The lowest BCUT2D eigenvalue weighted by Gasteiger charge is -2.28. The van der Waals surface area contributed by atoms with Gasteiger partial charge in [-0.05, 0) is 6.07 Å². The smallest absolute Gasteiger partial charge is 0.256 e. The van der Waals surface area contributed by atoms with Gasteiger partial charge in [0, 0.05) is 37.9 Å². The van der Waals surface area contributed by atoms with Gasteiger partial charge in [-0.15, -0.1) is 0 Å². The molecule has 0 unspecified atom stereocenters. The van der Waals surface area contributed by atoms with E-state index in [1.807, 2.05) is 24.3 Å². The van der Waals surface area contributed by atoms with Gasteiger partial charge in [0.2, 0.25) is 15.0 Å². The minimum absolute atomic E-state index is 0.260. The van der Waals surface area contributed by atoms with Crippen LogP contribution >= 0.6 is 0 Å². The molecule has 1 aliphatic rings. The Morgan fingerprint density at radius 3 is 2.79 bits per heavy atom. The number of aromatic amines is 1. The second kappa shape index (κ2) is 6.37. The number of hydrogen-bond acceptors (Lipinski definition) is 6. The van der Waals surface area contributed by atoms with Crippen LogP contribution in [0.5, 0.6) is 5.75 Å². The fraction of sp³-hybridized carbons (Fsp3) is 0.375. The average Bonchev–Trinajstić information content (AvgIpc) is 2.55. The molecular formula is C16H19N3O4S. The molecular weight excluding hydrogens is 330 g/mol. The zero-order valence-electron chi connectivity index (χ0n) is 13.6. The van der Waals surface area contributed by atoms with Crippen molar-refractivity contribution in [1.29, 1.82) is 0 Å². The number of rotatable bonds is 4. The summed E-state index contributed by atoms with van der Waals surface area (Å²) in [7, 11) is -1.90. The summed E-state index contributed by atoms with van der Waals surface area (Å²) in [6, 6.07) is 7.75. The summed E-state index contributed by atoms with van der Waals surface area (Å²) < 4.78 is 28.5. The van der Waals surface area contributed by atoms with Crippen LogP contribution < -0.4 is 10.3 Å². The number of H-pyrrole nitrogens is 1.